The first-order valence-electron chi connectivity index (χ1n) is 6.23. The third kappa shape index (κ3) is 6.28. The van der Waals surface area contributed by atoms with Crippen LogP contribution in [0, 0.1) is 0 Å². The van der Waals surface area contributed by atoms with Crippen molar-refractivity contribution in [3.63, 3.8) is 0 Å². The van der Waals surface area contributed by atoms with E-state index in [1.807, 2.05) is 0 Å². The molecular formula is C12H22Cl2S2. The molecule has 0 aromatic carbocycles. The highest BCUT2D eigenvalue weighted by molar-refractivity contribution is 8.03. The summed E-state index contributed by atoms with van der Waals surface area (Å²) in [7, 11) is 0. The van der Waals surface area contributed by atoms with Gasteiger partial charge in [-0.2, -0.15) is 23.5 Å². The molecule has 0 aromatic rings. The first kappa shape index (κ1) is 15.3. The van der Waals surface area contributed by atoms with Crippen LogP contribution >= 0.6 is 46.7 Å². The van der Waals surface area contributed by atoms with Gasteiger partial charge in [-0.25, -0.2) is 0 Å². The Bertz CT molecular complexity index is 149. The fourth-order valence-corrected chi connectivity index (χ4v) is 5.67. The van der Waals surface area contributed by atoms with E-state index < -0.39 is 0 Å². The molecule has 0 aromatic heterocycles. The fraction of sp³-hybridized carbons (Fsp3) is 1.00. The SMILES string of the molecule is ClCCCS[C@H]1CCCC[C@H]1SCCCCl. The summed E-state index contributed by atoms with van der Waals surface area (Å²) >= 11 is 15.7. The molecule has 2 atom stereocenters. The van der Waals surface area contributed by atoms with Gasteiger partial charge in [0.2, 0.25) is 0 Å². The van der Waals surface area contributed by atoms with Gasteiger partial charge in [0.05, 0.1) is 0 Å². The van der Waals surface area contributed by atoms with Crippen molar-refractivity contribution in [2.75, 3.05) is 23.3 Å². The molecule has 1 aliphatic carbocycles. The minimum atomic E-state index is 0.809. The Morgan fingerprint density at radius 3 is 1.62 bits per heavy atom. The van der Waals surface area contributed by atoms with Crippen LogP contribution in [0.2, 0.25) is 0 Å². The second kappa shape index (κ2) is 10.2. The van der Waals surface area contributed by atoms with Crippen LogP contribution in [0.25, 0.3) is 0 Å². The summed E-state index contributed by atoms with van der Waals surface area (Å²) in [5, 5.41) is 1.74. The van der Waals surface area contributed by atoms with Crippen molar-refractivity contribution in [1.29, 1.82) is 0 Å². The lowest BCUT2D eigenvalue weighted by atomic mass is 10.00. The minimum Gasteiger partial charge on any atom is -0.157 e. The quantitative estimate of drug-likeness (QED) is 0.456. The van der Waals surface area contributed by atoms with E-state index in [1.165, 1.54) is 37.2 Å². The van der Waals surface area contributed by atoms with E-state index in [4.69, 9.17) is 23.2 Å². The summed E-state index contributed by atoms with van der Waals surface area (Å²) in [6, 6.07) is 0. The van der Waals surface area contributed by atoms with Gasteiger partial charge in [-0.1, -0.05) is 12.8 Å². The molecule has 0 amide bonds. The summed E-state index contributed by atoms with van der Waals surface area (Å²) in [5.41, 5.74) is 0. The molecule has 0 spiro atoms. The minimum absolute atomic E-state index is 0.809. The smallest absolute Gasteiger partial charge is 0.0231 e. The van der Waals surface area contributed by atoms with Gasteiger partial charge in [-0.05, 0) is 37.2 Å². The van der Waals surface area contributed by atoms with Crippen LogP contribution in [0.3, 0.4) is 0 Å². The molecule has 0 N–H and O–H groups in total. The topological polar surface area (TPSA) is 0 Å². The van der Waals surface area contributed by atoms with Crippen LogP contribution in [-0.4, -0.2) is 33.8 Å². The van der Waals surface area contributed by atoms with Gasteiger partial charge in [0.25, 0.3) is 0 Å². The van der Waals surface area contributed by atoms with Crippen molar-refractivity contribution in [3.8, 4) is 0 Å². The molecule has 0 heterocycles. The zero-order chi connectivity index (χ0) is 11.6. The Kier molecular flexibility index (Phi) is 9.80. The zero-order valence-electron chi connectivity index (χ0n) is 9.80. The molecule has 1 aliphatic rings. The van der Waals surface area contributed by atoms with Crippen LogP contribution in [0.1, 0.15) is 38.5 Å². The Hall–Kier alpha value is 1.28. The van der Waals surface area contributed by atoms with Gasteiger partial charge in [-0.3, -0.25) is 0 Å². The van der Waals surface area contributed by atoms with Crippen LogP contribution in [0.15, 0.2) is 0 Å². The number of hydrogen-bond acceptors (Lipinski definition) is 2. The lowest BCUT2D eigenvalue weighted by Crippen LogP contribution is -2.25. The summed E-state index contributed by atoms with van der Waals surface area (Å²) in [4.78, 5) is 0. The normalized spacial score (nSPS) is 25.9. The standard InChI is InChI=1S/C12H22Cl2S2/c13-7-3-9-15-11-5-1-2-6-12(11)16-10-4-8-14/h11-12H,1-10H2/t11-,12+. The monoisotopic (exact) mass is 300 g/mol. The molecule has 1 fully saturated rings. The van der Waals surface area contributed by atoms with E-state index in [0.717, 1.165) is 35.1 Å². The third-order valence-corrected chi connectivity index (χ3v) is 6.60. The van der Waals surface area contributed by atoms with Crippen molar-refractivity contribution in [2.45, 2.75) is 49.0 Å². The number of thioether (sulfide) groups is 2. The lowest BCUT2D eigenvalue weighted by molar-refractivity contribution is 0.527. The largest absolute Gasteiger partial charge is 0.157 e. The number of alkyl halides is 2. The summed E-state index contributed by atoms with van der Waals surface area (Å²) in [6.45, 7) is 0. The predicted molar refractivity (Wildman–Crippen MR) is 81.6 cm³/mol. The maximum absolute atomic E-state index is 5.72. The maximum Gasteiger partial charge on any atom is 0.0231 e. The molecule has 1 saturated carbocycles. The second-order valence-electron chi connectivity index (χ2n) is 4.19. The van der Waals surface area contributed by atoms with Crippen LogP contribution in [0.4, 0.5) is 0 Å². The van der Waals surface area contributed by atoms with E-state index in [2.05, 4.69) is 23.5 Å². The van der Waals surface area contributed by atoms with Gasteiger partial charge in [0, 0.05) is 22.3 Å². The molecule has 1 rings (SSSR count). The fourth-order valence-electron chi connectivity index (χ4n) is 2.02. The van der Waals surface area contributed by atoms with E-state index in [-0.39, 0.29) is 0 Å². The molecule has 0 radical (unpaired) electrons. The Labute approximate surface area is 119 Å². The summed E-state index contributed by atoms with van der Waals surface area (Å²) in [6.07, 6.45) is 7.97. The van der Waals surface area contributed by atoms with Crippen molar-refractivity contribution in [2.24, 2.45) is 0 Å². The van der Waals surface area contributed by atoms with Crippen molar-refractivity contribution in [3.05, 3.63) is 0 Å². The Balaban J connectivity index is 2.20. The molecule has 0 aliphatic heterocycles. The molecule has 96 valence electrons. The van der Waals surface area contributed by atoms with Gasteiger partial charge in [0.15, 0.2) is 0 Å². The molecule has 4 heteroatoms. The highest BCUT2D eigenvalue weighted by atomic mass is 35.5. The van der Waals surface area contributed by atoms with E-state index in [9.17, 15) is 0 Å². The Morgan fingerprint density at radius 2 is 1.25 bits per heavy atom. The van der Waals surface area contributed by atoms with Gasteiger partial charge in [-0.15, -0.1) is 23.2 Å². The van der Waals surface area contributed by atoms with Crippen molar-refractivity contribution in [1.82, 2.24) is 0 Å². The second-order valence-corrected chi connectivity index (χ2v) is 7.64. The van der Waals surface area contributed by atoms with Gasteiger partial charge < -0.3 is 0 Å². The van der Waals surface area contributed by atoms with Crippen LogP contribution < -0.4 is 0 Å². The van der Waals surface area contributed by atoms with E-state index in [0.29, 0.717) is 0 Å². The third-order valence-electron chi connectivity index (χ3n) is 2.86. The first-order chi connectivity index (χ1) is 7.88. The molecule has 16 heavy (non-hydrogen) atoms. The van der Waals surface area contributed by atoms with Crippen molar-refractivity contribution < 1.29 is 0 Å². The number of hydrogen-bond donors (Lipinski definition) is 0. The average molecular weight is 301 g/mol. The molecule has 0 saturated heterocycles. The molecule has 0 unspecified atom stereocenters. The van der Waals surface area contributed by atoms with Crippen molar-refractivity contribution >= 4 is 46.7 Å². The average Bonchev–Trinajstić information content (AvgIpc) is 2.32. The zero-order valence-corrected chi connectivity index (χ0v) is 12.9. The number of halogens is 2. The Morgan fingerprint density at radius 1 is 0.812 bits per heavy atom. The lowest BCUT2D eigenvalue weighted by Gasteiger charge is -2.30. The van der Waals surface area contributed by atoms with E-state index >= 15 is 0 Å². The highest BCUT2D eigenvalue weighted by Crippen LogP contribution is 2.36. The summed E-state index contributed by atoms with van der Waals surface area (Å²) < 4.78 is 0. The molecule has 0 bridgehead atoms. The van der Waals surface area contributed by atoms with Crippen LogP contribution in [-0.2, 0) is 0 Å². The van der Waals surface area contributed by atoms with E-state index in [1.54, 1.807) is 0 Å². The van der Waals surface area contributed by atoms with Gasteiger partial charge in [0.1, 0.15) is 0 Å². The molecule has 0 nitrogen and oxygen atoms in total. The van der Waals surface area contributed by atoms with Crippen LogP contribution in [0.5, 0.6) is 0 Å². The maximum atomic E-state index is 5.72. The van der Waals surface area contributed by atoms with Gasteiger partial charge >= 0.3 is 0 Å². The highest BCUT2D eigenvalue weighted by Gasteiger charge is 2.25. The summed E-state index contributed by atoms with van der Waals surface area (Å²) in [5.74, 6) is 4.09. The molecular weight excluding hydrogens is 279 g/mol. The first-order valence-corrected chi connectivity index (χ1v) is 9.40. The predicted octanol–water partition coefficient (Wildman–Crippen LogP) is 5.02. The number of rotatable bonds is 8.